The van der Waals surface area contributed by atoms with Gasteiger partial charge in [0.1, 0.15) is 0 Å². The lowest BCUT2D eigenvalue weighted by Crippen LogP contribution is -2.17. The highest BCUT2D eigenvalue weighted by molar-refractivity contribution is 5.83. The summed E-state index contributed by atoms with van der Waals surface area (Å²) >= 11 is 0. The number of nitrogens with two attached hydrogens (primary N) is 1. The van der Waals surface area contributed by atoms with Crippen LogP contribution in [-0.4, -0.2) is 6.54 Å². The monoisotopic (exact) mass is 213 g/mol. The molecule has 16 heavy (non-hydrogen) atoms. The Bertz CT molecular complexity index is 474. The number of fused-ring (bicyclic) bond motifs is 1. The molecule has 0 aliphatic heterocycles. The van der Waals surface area contributed by atoms with Gasteiger partial charge in [-0.1, -0.05) is 56.3 Å². The number of hydrogen-bond donors (Lipinski definition) is 1. The molecule has 2 rings (SSSR count). The zero-order chi connectivity index (χ0) is 11.5. The van der Waals surface area contributed by atoms with Crippen molar-refractivity contribution in [3.05, 3.63) is 48.0 Å². The maximum atomic E-state index is 5.85. The fraction of sp³-hybridized carbons (Fsp3) is 0.333. The lowest BCUT2D eigenvalue weighted by atomic mass is 9.87. The largest absolute Gasteiger partial charge is 0.330 e. The third kappa shape index (κ3) is 2.10. The summed E-state index contributed by atoms with van der Waals surface area (Å²) in [7, 11) is 0. The first-order valence-electron chi connectivity index (χ1n) is 5.91. The van der Waals surface area contributed by atoms with E-state index in [1.54, 1.807) is 0 Å². The highest BCUT2D eigenvalue weighted by atomic mass is 14.6. The Balaban J connectivity index is 2.45. The molecule has 2 aromatic carbocycles. The maximum Gasteiger partial charge on any atom is -0.000577 e. The van der Waals surface area contributed by atoms with E-state index in [-0.39, 0.29) is 0 Å². The standard InChI is InChI=1S/C15H19N/c1-11(2)15(10-16)14-8-7-12-5-3-4-6-13(12)9-14/h3-9,11,15H,10,16H2,1-2H3. The van der Waals surface area contributed by atoms with Gasteiger partial charge >= 0.3 is 0 Å². The highest BCUT2D eigenvalue weighted by Crippen LogP contribution is 2.26. The second-order valence-corrected chi connectivity index (χ2v) is 4.69. The molecule has 1 atom stereocenters. The molecule has 1 unspecified atom stereocenters. The zero-order valence-electron chi connectivity index (χ0n) is 9.98. The van der Waals surface area contributed by atoms with E-state index >= 15 is 0 Å². The van der Waals surface area contributed by atoms with Crippen LogP contribution in [0.3, 0.4) is 0 Å². The van der Waals surface area contributed by atoms with Gasteiger partial charge in [0, 0.05) is 0 Å². The van der Waals surface area contributed by atoms with E-state index in [2.05, 4.69) is 56.3 Å². The van der Waals surface area contributed by atoms with Crippen LogP contribution < -0.4 is 5.73 Å². The van der Waals surface area contributed by atoms with Crippen molar-refractivity contribution in [2.75, 3.05) is 6.54 Å². The van der Waals surface area contributed by atoms with E-state index in [9.17, 15) is 0 Å². The summed E-state index contributed by atoms with van der Waals surface area (Å²) in [5, 5.41) is 2.60. The molecule has 1 heteroatoms. The molecular weight excluding hydrogens is 194 g/mol. The Morgan fingerprint density at radius 1 is 1.00 bits per heavy atom. The molecule has 0 aliphatic carbocycles. The van der Waals surface area contributed by atoms with Crippen LogP contribution in [-0.2, 0) is 0 Å². The first kappa shape index (κ1) is 11.2. The van der Waals surface area contributed by atoms with Crippen LogP contribution in [0, 0.1) is 5.92 Å². The van der Waals surface area contributed by atoms with Gasteiger partial charge in [0.2, 0.25) is 0 Å². The minimum absolute atomic E-state index is 0.463. The van der Waals surface area contributed by atoms with Crippen LogP contribution in [0.15, 0.2) is 42.5 Å². The van der Waals surface area contributed by atoms with Gasteiger partial charge in [0.25, 0.3) is 0 Å². The topological polar surface area (TPSA) is 26.0 Å². The highest BCUT2D eigenvalue weighted by Gasteiger charge is 2.13. The average molecular weight is 213 g/mol. The molecule has 1 nitrogen and oxygen atoms in total. The van der Waals surface area contributed by atoms with E-state index in [0.717, 1.165) is 6.54 Å². The second kappa shape index (κ2) is 4.67. The summed E-state index contributed by atoms with van der Waals surface area (Å²) in [5.74, 6) is 1.05. The van der Waals surface area contributed by atoms with Crippen molar-refractivity contribution in [2.45, 2.75) is 19.8 Å². The molecule has 2 aromatic rings. The molecule has 0 radical (unpaired) electrons. The summed E-state index contributed by atoms with van der Waals surface area (Å²) in [6.07, 6.45) is 0. The molecule has 0 amide bonds. The van der Waals surface area contributed by atoms with Gasteiger partial charge in [0.05, 0.1) is 0 Å². The van der Waals surface area contributed by atoms with Crippen molar-refractivity contribution < 1.29 is 0 Å². The van der Waals surface area contributed by atoms with Crippen molar-refractivity contribution in [2.24, 2.45) is 11.7 Å². The fourth-order valence-corrected chi connectivity index (χ4v) is 2.23. The maximum absolute atomic E-state index is 5.85. The normalized spacial score (nSPS) is 13.2. The molecule has 0 heterocycles. The Kier molecular flexibility index (Phi) is 3.25. The third-order valence-electron chi connectivity index (χ3n) is 3.26. The van der Waals surface area contributed by atoms with Gasteiger partial charge in [-0.05, 0) is 34.7 Å². The molecule has 0 aromatic heterocycles. The molecule has 0 fully saturated rings. The van der Waals surface area contributed by atoms with E-state index in [4.69, 9.17) is 5.73 Å². The second-order valence-electron chi connectivity index (χ2n) is 4.69. The minimum Gasteiger partial charge on any atom is -0.330 e. The first-order valence-corrected chi connectivity index (χ1v) is 5.91. The van der Waals surface area contributed by atoms with E-state index in [1.807, 2.05) is 0 Å². The quantitative estimate of drug-likeness (QED) is 0.829. The Labute approximate surface area is 97.3 Å². The number of benzene rings is 2. The summed E-state index contributed by atoms with van der Waals surface area (Å²) < 4.78 is 0. The van der Waals surface area contributed by atoms with Crippen LogP contribution in [0.4, 0.5) is 0 Å². The Morgan fingerprint density at radius 2 is 1.69 bits per heavy atom. The third-order valence-corrected chi connectivity index (χ3v) is 3.26. The predicted molar refractivity (Wildman–Crippen MR) is 70.6 cm³/mol. The fourth-order valence-electron chi connectivity index (χ4n) is 2.23. The van der Waals surface area contributed by atoms with Gasteiger partial charge in [-0.25, -0.2) is 0 Å². The molecule has 0 saturated carbocycles. The van der Waals surface area contributed by atoms with Crippen molar-refractivity contribution in [1.29, 1.82) is 0 Å². The smallest absolute Gasteiger partial charge is 0.000577 e. The molecule has 84 valence electrons. The lowest BCUT2D eigenvalue weighted by Gasteiger charge is -2.19. The Hall–Kier alpha value is -1.34. The van der Waals surface area contributed by atoms with Gasteiger partial charge in [-0.3, -0.25) is 0 Å². The van der Waals surface area contributed by atoms with E-state index in [0.29, 0.717) is 11.8 Å². The van der Waals surface area contributed by atoms with Crippen LogP contribution >= 0.6 is 0 Å². The van der Waals surface area contributed by atoms with E-state index < -0.39 is 0 Å². The molecular formula is C15H19N. The van der Waals surface area contributed by atoms with Crippen molar-refractivity contribution in [1.82, 2.24) is 0 Å². The van der Waals surface area contributed by atoms with Gasteiger partial charge < -0.3 is 5.73 Å². The Morgan fingerprint density at radius 3 is 2.31 bits per heavy atom. The van der Waals surface area contributed by atoms with Crippen LogP contribution in [0.2, 0.25) is 0 Å². The number of rotatable bonds is 3. The average Bonchev–Trinajstić information content (AvgIpc) is 2.29. The van der Waals surface area contributed by atoms with Crippen LogP contribution in [0.1, 0.15) is 25.3 Å². The lowest BCUT2D eigenvalue weighted by molar-refractivity contribution is 0.507. The molecule has 0 saturated heterocycles. The molecule has 0 spiro atoms. The van der Waals surface area contributed by atoms with Crippen LogP contribution in [0.25, 0.3) is 10.8 Å². The SMILES string of the molecule is CC(C)C(CN)c1ccc2ccccc2c1. The van der Waals surface area contributed by atoms with Crippen molar-refractivity contribution in [3.63, 3.8) is 0 Å². The first-order chi connectivity index (χ1) is 7.72. The van der Waals surface area contributed by atoms with Crippen LogP contribution in [0.5, 0.6) is 0 Å². The zero-order valence-corrected chi connectivity index (χ0v) is 9.98. The summed E-state index contributed by atoms with van der Waals surface area (Å²) in [4.78, 5) is 0. The molecule has 0 bridgehead atoms. The van der Waals surface area contributed by atoms with Gasteiger partial charge in [0.15, 0.2) is 0 Å². The predicted octanol–water partition coefficient (Wildman–Crippen LogP) is 3.54. The van der Waals surface area contributed by atoms with Gasteiger partial charge in [-0.15, -0.1) is 0 Å². The summed E-state index contributed by atoms with van der Waals surface area (Å²) in [6, 6.07) is 15.1. The minimum atomic E-state index is 0.463. The summed E-state index contributed by atoms with van der Waals surface area (Å²) in [6.45, 7) is 5.18. The molecule has 0 aliphatic rings. The summed E-state index contributed by atoms with van der Waals surface area (Å²) in [5.41, 5.74) is 7.21. The van der Waals surface area contributed by atoms with E-state index in [1.165, 1.54) is 16.3 Å². The molecule has 2 N–H and O–H groups in total. The number of hydrogen-bond acceptors (Lipinski definition) is 1. The van der Waals surface area contributed by atoms with Gasteiger partial charge in [-0.2, -0.15) is 0 Å². The van der Waals surface area contributed by atoms with Crippen molar-refractivity contribution >= 4 is 10.8 Å². The van der Waals surface area contributed by atoms with Crippen molar-refractivity contribution in [3.8, 4) is 0 Å².